The molecule has 0 spiro atoms. The van der Waals surface area contributed by atoms with Crippen LogP contribution in [0.1, 0.15) is 25.1 Å². The molecule has 1 aliphatic rings. The summed E-state index contributed by atoms with van der Waals surface area (Å²) in [6.45, 7) is 5.80. The Balaban J connectivity index is 1.88. The van der Waals surface area contributed by atoms with Crippen molar-refractivity contribution >= 4 is 17.4 Å². The number of carbonyl (C=O) groups excluding carboxylic acids is 1. The molecular weight excluding hydrogens is 314 g/mol. The molecule has 0 saturated carbocycles. The predicted molar refractivity (Wildman–Crippen MR) is 95.6 cm³/mol. The third-order valence-electron chi connectivity index (χ3n) is 4.66. The van der Waals surface area contributed by atoms with E-state index in [0.29, 0.717) is 5.82 Å². The molecule has 6 heteroatoms. The SMILES string of the molecule is Cc1cnc(-c2ccc3c(c2)N(c2ccn(C)n2)C(=O)C3(C)C)cn1. The van der Waals surface area contributed by atoms with E-state index in [0.717, 1.165) is 28.2 Å². The third kappa shape index (κ3) is 2.33. The number of aryl methyl sites for hydroxylation is 2. The van der Waals surface area contributed by atoms with Gasteiger partial charge in [0.1, 0.15) is 0 Å². The van der Waals surface area contributed by atoms with Crippen LogP contribution >= 0.6 is 0 Å². The second kappa shape index (κ2) is 5.24. The molecule has 0 aliphatic carbocycles. The van der Waals surface area contributed by atoms with Gasteiger partial charge in [-0.05, 0) is 32.4 Å². The van der Waals surface area contributed by atoms with Crippen LogP contribution in [-0.4, -0.2) is 25.7 Å². The van der Waals surface area contributed by atoms with Gasteiger partial charge in [-0.15, -0.1) is 0 Å². The van der Waals surface area contributed by atoms with Gasteiger partial charge in [-0.25, -0.2) is 0 Å². The van der Waals surface area contributed by atoms with Gasteiger partial charge in [0, 0.05) is 31.1 Å². The van der Waals surface area contributed by atoms with Crippen LogP contribution in [0.4, 0.5) is 11.5 Å². The molecule has 25 heavy (non-hydrogen) atoms. The Morgan fingerprint density at radius 1 is 1.08 bits per heavy atom. The largest absolute Gasteiger partial charge is 0.274 e. The van der Waals surface area contributed by atoms with Crippen molar-refractivity contribution in [2.45, 2.75) is 26.2 Å². The van der Waals surface area contributed by atoms with Crippen molar-refractivity contribution in [2.24, 2.45) is 7.05 Å². The van der Waals surface area contributed by atoms with Crippen LogP contribution in [0.5, 0.6) is 0 Å². The number of amides is 1. The monoisotopic (exact) mass is 333 g/mol. The number of benzene rings is 1. The summed E-state index contributed by atoms with van der Waals surface area (Å²) in [4.78, 5) is 23.5. The fourth-order valence-electron chi connectivity index (χ4n) is 3.20. The molecule has 2 aromatic heterocycles. The topological polar surface area (TPSA) is 63.9 Å². The second-order valence-electron chi connectivity index (χ2n) is 6.89. The van der Waals surface area contributed by atoms with Gasteiger partial charge in [0.15, 0.2) is 5.82 Å². The molecule has 126 valence electrons. The minimum absolute atomic E-state index is 0.0216. The minimum atomic E-state index is -0.593. The van der Waals surface area contributed by atoms with Gasteiger partial charge in [-0.2, -0.15) is 5.10 Å². The fraction of sp³-hybridized carbons (Fsp3) is 0.263. The van der Waals surface area contributed by atoms with Gasteiger partial charge in [0.2, 0.25) is 5.91 Å². The van der Waals surface area contributed by atoms with E-state index in [-0.39, 0.29) is 5.91 Å². The summed E-state index contributed by atoms with van der Waals surface area (Å²) in [5.41, 5.74) is 3.84. The van der Waals surface area contributed by atoms with Crippen molar-refractivity contribution in [1.29, 1.82) is 0 Å². The van der Waals surface area contributed by atoms with E-state index in [9.17, 15) is 4.79 Å². The molecule has 1 amide bonds. The van der Waals surface area contributed by atoms with Crippen LogP contribution in [0.15, 0.2) is 42.9 Å². The number of hydrogen-bond acceptors (Lipinski definition) is 4. The standard InChI is InChI=1S/C19H19N5O/c1-12-10-21-15(11-20-12)13-5-6-14-16(9-13)24(18(25)19(14,2)3)17-7-8-23(4)22-17/h5-11H,1-4H3. The van der Waals surface area contributed by atoms with Gasteiger partial charge in [-0.1, -0.05) is 12.1 Å². The lowest BCUT2D eigenvalue weighted by Crippen LogP contribution is -2.33. The highest BCUT2D eigenvalue weighted by Crippen LogP contribution is 2.46. The number of anilines is 2. The highest BCUT2D eigenvalue weighted by molar-refractivity contribution is 6.12. The zero-order valence-electron chi connectivity index (χ0n) is 14.7. The molecule has 4 rings (SSSR count). The third-order valence-corrected chi connectivity index (χ3v) is 4.66. The van der Waals surface area contributed by atoms with Gasteiger partial charge in [0.05, 0.1) is 28.7 Å². The van der Waals surface area contributed by atoms with Crippen molar-refractivity contribution in [2.75, 3.05) is 4.90 Å². The van der Waals surface area contributed by atoms with Crippen molar-refractivity contribution in [1.82, 2.24) is 19.7 Å². The fourth-order valence-corrected chi connectivity index (χ4v) is 3.20. The van der Waals surface area contributed by atoms with E-state index in [2.05, 4.69) is 15.1 Å². The van der Waals surface area contributed by atoms with Crippen LogP contribution in [-0.2, 0) is 17.3 Å². The Labute approximate surface area is 146 Å². The average molecular weight is 333 g/mol. The van der Waals surface area contributed by atoms with Gasteiger partial charge >= 0.3 is 0 Å². The number of nitrogens with zero attached hydrogens (tertiary/aromatic N) is 5. The van der Waals surface area contributed by atoms with Crippen LogP contribution in [0.2, 0.25) is 0 Å². The first-order valence-electron chi connectivity index (χ1n) is 8.15. The first kappa shape index (κ1) is 15.5. The molecule has 0 unspecified atom stereocenters. The van der Waals surface area contributed by atoms with Crippen molar-refractivity contribution in [3.05, 3.63) is 54.1 Å². The van der Waals surface area contributed by atoms with Crippen molar-refractivity contribution < 1.29 is 4.79 Å². The maximum absolute atomic E-state index is 13.0. The summed E-state index contributed by atoms with van der Waals surface area (Å²) in [5.74, 6) is 0.653. The Bertz CT molecular complexity index is 972. The second-order valence-corrected chi connectivity index (χ2v) is 6.89. The Morgan fingerprint density at radius 2 is 1.88 bits per heavy atom. The molecule has 0 radical (unpaired) electrons. The Hall–Kier alpha value is -3.02. The number of carbonyl (C=O) groups is 1. The molecule has 0 atom stereocenters. The van der Waals surface area contributed by atoms with Crippen molar-refractivity contribution in [3.63, 3.8) is 0 Å². The lowest BCUT2D eigenvalue weighted by Gasteiger charge is -2.18. The molecule has 0 bridgehead atoms. The normalized spacial score (nSPS) is 15.5. The lowest BCUT2D eigenvalue weighted by atomic mass is 9.86. The molecule has 0 N–H and O–H groups in total. The Morgan fingerprint density at radius 3 is 2.52 bits per heavy atom. The van der Waals surface area contributed by atoms with E-state index < -0.39 is 5.41 Å². The maximum atomic E-state index is 13.0. The van der Waals surface area contributed by atoms with Crippen LogP contribution in [0.3, 0.4) is 0 Å². The molecule has 0 fully saturated rings. The summed E-state index contributed by atoms with van der Waals surface area (Å²) in [7, 11) is 1.84. The first-order chi connectivity index (χ1) is 11.9. The van der Waals surface area contributed by atoms with Gasteiger partial charge in [-0.3, -0.25) is 24.3 Å². The smallest absolute Gasteiger partial charge is 0.242 e. The number of hydrogen-bond donors (Lipinski definition) is 0. The van der Waals surface area contributed by atoms with E-state index in [1.807, 2.05) is 58.3 Å². The number of rotatable bonds is 2. The average Bonchev–Trinajstić information content (AvgIpc) is 3.08. The molecule has 1 aliphatic heterocycles. The summed E-state index contributed by atoms with van der Waals surface area (Å²) in [6.07, 6.45) is 5.33. The van der Waals surface area contributed by atoms with E-state index >= 15 is 0 Å². The van der Waals surface area contributed by atoms with Gasteiger partial charge < -0.3 is 0 Å². The zero-order valence-corrected chi connectivity index (χ0v) is 14.7. The summed E-state index contributed by atoms with van der Waals surface area (Å²) >= 11 is 0. The summed E-state index contributed by atoms with van der Waals surface area (Å²) < 4.78 is 1.70. The molecule has 3 aromatic rings. The maximum Gasteiger partial charge on any atom is 0.242 e. The van der Waals surface area contributed by atoms with Crippen molar-refractivity contribution in [3.8, 4) is 11.3 Å². The highest BCUT2D eigenvalue weighted by Gasteiger charge is 2.45. The predicted octanol–water partition coefficient (Wildman–Crippen LogP) is 3.14. The van der Waals surface area contributed by atoms with E-state index in [1.54, 1.807) is 22.0 Å². The highest BCUT2D eigenvalue weighted by atomic mass is 16.2. The summed E-state index contributed by atoms with van der Waals surface area (Å²) in [6, 6.07) is 7.85. The zero-order chi connectivity index (χ0) is 17.8. The van der Waals surface area contributed by atoms with E-state index in [1.165, 1.54) is 0 Å². The number of aromatic nitrogens is 4. The summed E-state index contributed by atoms with van der Waals surface area (Å²) in [5, 5.41) is 4.42. The van der Waals surface area contributed by atoms with Gasteiger partial charge in [0.25, 0.3) is 0 Å². The minimum Gasteiger partial charge on any atom is -0.274 e. The first-order valence-corrected chi connectivity index (χ1v) is 8.15. The van der Waals surface area contributed by atoms with Crippen LogP contribution < -0.4 is 4.90 Å². The quantitative estimate of drug-likeness (QED) is 0.723. The molecular formula is C19H19N5O. The number of fused-ring (bicyclic) bond motifs is 1. The van der Waals surface area contributed by atoms with E-state index in [4.69, 9.17) is 0 Å². The van der Waals surface area contributed by atoms with Crippen LogP contribution in [0, 0.1) is 6.92 Å². The molecule has 1 aromatic carbocycles. The lowest BCUT2D eigenvalue weighted by molar-refractivity contribution is -0.121. The molecule has 6 nitrogen and oxygen atoms in total. The Kier molecular flexibility index (Phi) is 3.25. The molecule has 3 heterocycles. The molecule has 0 saturated heterocycles. The van der Waals surface area contributed by atoms with Crippen LogP contribution in [0.25, 0.3) is 11.3 Å².